The van der Waals surface area contributed by atoms with Crippen LogP contribution in [-0.2, 0) is 0 Å². The highest BCUT2D eigenvalue weighted by Gasteiger charge is 2.21. The molecule has 0 aromatic carbocycles. The van der Waals surface area contributed by atoms with Crippen LogP contribution in [-0.4, -0.2) is 35.0 Å². The first kappa shape index (κ1) is 16.1. The Kier molecular flexibility index (Phi) is 4.57. The van der Waals surface area contributed by atoms with Crippen LogP contribution in [0.2, 0.25) is 0 Å². The third-order valence-corrected chi connectivity index (χ3v) is 3.94. The number of carbonyl (C=O) groups is 1. The number of hydrogen-bond donors (Lipinski definition) is 3. The average Bonchev–Trinajstić information content (AvgIpc) is 2.55. The summed E-state index contributed by atoms with van der Waals surface area (Å²) < 4.78 is 13.1. The smallest absolute Gasteiger partial charge is 0.276 e. The van der Waals surface area contributed by atoms with Gasteiger partial charge >= 0.3 is 0 Å². The maximum Gasteiger partial charge on any atom is 0.276 e. The second-order valence-corrected chi connectivity index (χ2v) is 5.79. The molecular formula is C16H19FN6O. The molecule has 3 heterocycles. The molecule has 2 aromatic rings. The standard InChI is InChI=1S/C16H19FN6O/c17-10-6-12(19)15(21-7-10)16(24)22-13-8-20-4-3-14(13)23-5-1-2-11(18)9-23/h3-4,6-8,11H,1-2,5,9,18-19H2,(H,22,24)/t11-/m0/s1. The monoisotopic (exact) mass is 330 g/mol. The normalized spacial score (nSPS) is 17.6. The molecule has 1 atom stereocenters. The lowest BCUT2D eigenvalue weighted by Gasteiger charge is -2.33. The van der Waals surface area contributed by atoms with Gasteiger partial charge in [-0.2, -0.15) is 0 Å². The van der Waals surface area contributed by atoms with Gasteiger partial charge in [0.15, 0.2) is 5.69 Å². The Morgan fingerprint density at radius 2 is 2.25 bits per heavy atom. The molecule has 0 spiro atoms. The van der Waals surface area contributed by atoms with E-state index in [1.54, 1.807) is 12.4 Å². The molecule has 0 aliphatic carbocycles. The number of piperidine rings is 1. The van der Waals surface area contributed by atoms with Gasteiger partial charge in [-0.15, -0.1) is 0 Å². The van der Waals surface area contributed by atoms with Gasteiger partial charge in [0.2, 0.25) is 0 Å². The second-order valence-electron chi connectivity index (χ2n) is 5.79. The maximum absolute atomic E-state index is 13.1. The van der Waals surface area contributed by atoms with E-state index in [0.29, 0.717) is 12.2 Å². The van der Waals surface area contributed by atoms with Gasteiger partial charge in [-0.3, -0.25) is 9.78 Å². The molecule has 8 heteroatoms. The molecule has 5 N–H and O–H groups in total. The Balaban J connectivity index is 1.83. The van der Waals surface area contributed by atoms with E-state index in [4.69, 9.17) is 11.5 Å². The van der Waals surface area contributed by atoms with Crippen LogP contribution in [0.1, 0.15) is 23.3 Å². The minimum absolute atomic E-state index is 0.0158. The van der Waals surface area contributed by atoms with Crippen molar-refractivity contribution in [3.63, 3.8) is 0 Å². The molecule has 1 aliphatic heterocycles. The fraction of sp³-hybridized carbons (Fsp3) is 0.312. The van der Waals surface area contributed by atoms with Crippen LogP contribution in [0.3, 0.4) is 0 Å². The molecule has 1 saturated heterocycles. The van der Waals surface area contributed by atoms with Crippen LogP contribution < -0.4 is 21.7 Å². The number of anilines is 3. The first-order chi connectivity index (χ1) is 11.5. The van der Waals surface area contributed by atoms with Crippen LogP contribution in [0.25, 0.3) is 0 Å². The van der Waals surface area contributed by atoms with E-state index in [0.717, 1.165) is 37.3 Å². The van der Waals surface area contributed by atoms with Crippen molar-refractivity contribution in [2.75, 3.05) is 29.0 Å². The minimum Gasteiger partial charge on any atom is -0.397 e. The third-order valence-electron chi connectivity index (χ3n) is 3.94. The van der Waals surface area contributed by atoms with E-state index in [9.17, 15) is 9.18 Å². The summed E-state index contributed by atoms with van der Waals surface area (Å²) in [7, 11) is 0. The van der Waals surface area contributed by atoms with E-state index >= 15 is 0 Å². The van der Waals surface area contributed by atoms with Crippen LogP contribution in [0.4, 0.5) is 21.5 Å². The Morgan fingerprint density at radius 1 is 1.42 bits per heavy atom. The first-order valence-electron chi connectivity index (χ1n) is 7.71. The van der Waals surface area contributed by atoms with Crippen molar-refractivity contribution < 1.29 is 9.18 Å². The van der Waals surface area contributed by atoms with Crippen molar-refractivity contribution in [3.8, 4) is 0 Å². The lowest BCUT2D eigenvalue weighted by molar-refractivity contribution is 0.102. The fourth-order valence-corrected chi connectivity index (χ4v) is 2.81. The van der Waals surface area contributed by atoms with E-state index < -0.39 is 11.7 Å². The zero-order valence-electron chi connectivity index (χ0n) is 13.1. The predicted octanol–water partition coefficient (Wildman–Crippen LogP) is 1.38. The van der Waals surface area contributed by atoms with E-state index in [1.807, 2.05) is 6.07 Å². The van der Waals surface area contributed by atoms with E-state index in [2.05, 4.69) is 20.2 Å². The van der Waals surface area contributed by atoms with Crippen molar-refractivity contribution >= 4 is 23.0 Å². The highest BCUT2D eigenvalue weighted by molar-refractivity contribution is 6.07. The summed E-state index contributed by atoms with van der Waals surface area (Å²) in [5, 5.41) is 2.75. The second kappa shape index (κ2) is 6.79. The van der Waals surface area contributed by atoms with Crippen molar-refractivity contribution in [2.45, 2.75) is 18.9 Å². The van der Waals surface area contributed by atoms with Gasteiger partial charge in [-0.1, -0.05) is 0 Å². The number of halogens is 1. The number of nitrogens with two attached hydrogens (primary N) is 2. The Bertz CT molecular complexity index is 753. The van der Waals surface area contributed by atoms with Gasteiger partial charge in [0.1, 0.15) is 5.82 Å². The summed E-state index contributed by atoms with van der Waals surface area (Å²) in [6.07, 6.45) is 6.16. The number of carbonyl (C=O) groups excluding carboxylic acids is 1. The SMILES string of the molecule is Nc1cc(F)cnc1C(=O)Nc1cnccc1N1CCC[C@H](N)C1. The fourth-order valence-electron chi connectivity index (χ4n) is 2.81. The van der Waals surface area contributed by atoms with Gasteiger partial charge in [0.05, 0.1) is 29.5 Å². The van der Waals surface area contributed by atoms with Gasteiger partial charge < -0.3 is 21.7 Å². The number of pyridine rings is 2. The molecule has 1 aliphatic rings. The van der Waals surface area contributed by atoms with Crippen LogP contribution in [0.15, 0.2) is 30.7 Å². The molecule has 0 bridgehead atoms. The summed E-state index contributed by atoms with van der Waals surface area (Å²) in [4.78, 5) is 22.3. The summed E-state index contributed by atoms with van der Waals surface area (Å²) >= 11 is 0. The largest absolute Gasteiger partial charge is 0.397 e. The van der Waals surface area contributed by atoms with E-state index in [1.165, 1.54) is 0 Å². The van der Waals surface area contributed by atoms with Gasteiger partial charge in [0.25, 0.3) is 5.91 Å². The predicted molar refractivity (Wildman–Crippen MR) is 90.2 cm³/mol. The average molecular weight is 330 g/mol. The lowest BCUT2D eigenvalue weighted by atomic mass is 10.1. The summed E-state index contributed by atoms with van der Waals surface area (Å²) in [6, 6.07) is 3.00. The Morgan fingerprint density at radius 3 is 3.00 bits per heavy atom. The molecule has 7 nitrogen and oxygen atoms in total. The Labute approximate surface area is 138 Å². The van der Waals surface area contributed by atoms with Crippen molar-refractivity contribution in [3.05, 3.63) is 42.2 Å². The van der Waals surface area contributed by atoms with Crippen LogP contribution in [0.5, 0.6) is 0 Å². The van der Waals surface area contributed by atoms with Gasteiger partial charge in [-0.05, 0) is 18.9 Å². The summed E-state index contributed by atoms with van der Waals surface area (Å²) in [6.45, 7) is 1.57. The van der Waals surface area contributed by atoms with Crippen molar-refractivity contribution in [1.29, 1.82) is 0 Å². The molecule has 126 valence electrons. The number of aromatic nitrogens is 2. The molecule has 0 unspecified atom stereocenters. The lowest BCUT2D eigenvalue weighted by Crippen LogP contribution is -2.43. The van der Waals surface area contributed by atoms with Gasteiger partial charge in [0, 0.05) is 31.4 Å². The molecule has 2 aromatic heterocycles. The Hall–Kier alpha value is -2.74. The molecule has 0 radical (unpaired) electrons. The highest BCUT2D eigenvalue weighted by atomic mass is 19.1. The van der Waals surface area contributed by atoms with E-state index in [-0.39, 0.29) is 17.4 Å². The summed E-state index contributed by atoms with van der Waals surface area (Å²) in [5.74, 6) is -1.10. The first-order valence-corrected chi connectivity index (χ1v) is 7.71. The number of nitrogen functional groups attached to an aromatic ring is 1. The zero-order valence-corrected chi connectivity index (χ0v) is 13.1. The summed E-state index contributed by atoms with van der Waals surface area (Å²) in [5.41, 5.74) is 13.0. The molecular weight excluding hydrogens is 311 g/mol. The van der Waals surface area contributed by atoms with Gasteiger partial charge in [-0.25, -0.2) is 9.37 Å². The number of nitrogens with one attached hydrogen (secondary N) is 1. The molecule has 0 saturated carbocycles. The molecule has 1 amide bonds. The molecule has 3 rings (SSSR count). The maximum atomic E-state index is 13.1. The van der Waals surface area contributed by atoms with Crippen molar-refractivity contribution in [2.24, 2.45) is 5.73 Å². The van der Waals surface area contributed by atoms with Crippen molar-refractivity contribution in [1.82, 2.24) is 9.97 Å². The van der Waals surface area contributed by atoms with Crippen LogP contribution >= 0.6 is 0 Å². The number of hydrogen-bond acceptors (Lipinski definition) is 6. The highest BCUT2D eigenvalue weighted by Crippen LogP contribution is 2.27. The minimum atomic E-state index is -0.589. The topological polar surface area (TPSA) is 110 Å². The zero-order chi connectivity index (χ0) is 17.1. The number of amides is 1. The number of rotatable bonds is 3. The number of nitrogens with zero attached hydrogens (tertiary/aromatic N) is 3. The molecule has 1 fully saturated rings. The third kappa shape index (κ3) is 3.43. The molecule has 24 heavy (non-hydrogen) atoms. The van der Waals surface area contributed by atoms with Crippen LogP contribution in [0, 0.1) is 5.82 Å². The quantitative estimate of drug-likeness (QED) is 0.784.